The second-order valence-electron chi connectivity index (χ2n) is 5.83. The van der Waals surface area contributed by atoms with E-state index in [1.54, 1.807) is 6.92 Å². The fourth-order valence-corrected chi connectivity index (χ4v) is 3.09. The van der Waals surface area contributed by atoms with Crippen LogP contribution in [0.25, 0.3) is 0 Å². The molecule has 118 valence electrons. The van der Waals surface area contributed by atoms with Gasteiger partial charge in [0.05, 0.1) is 24.4 Å². The largest absolute Gasteiger partial charge is 0.344 e. The molecular weight excluding hydrogens is 304 g/mol. The topological polar surface area (TPSA) is 64.2 Å². The van der Waals surface area contributed by atoms with Crippen LogP contribution < -0.4 is 0 Å². The number of nitrogens with zero attached hydrogens (tertiary/aromatic N) is 4. The van der Waals surface area contributed by atoms with E-state index in [0.29, 0.717) is 17.8 Å². The molecule has 0 bridgehead atoms. The van der Waals surface area contributed by atoms with E-state index in [4.69, 9.17) is 16.1 Å². The quantitative estimate of drug-likeness (QED) is 0.871. The van der Waals surface area contributed by atoms with E-state index in [1.807, 2.05) is 28.9 Å². The monoisotopic (exact) mass is 322 g/mol. The van der Waals surface area contributed by atoms with E-state index in [0.717, 1.165) is 24.9 Å². The van der Waals surface area contributed by atoms with Crippen LogP contribution in [-0.4, -0.2) is 38.8 Å². The van der Waals surface area contributed by atoms with Crippen LogP contribution in [-0.2, 0) is 11.2 Å². The van der Waals surface area contributed by atoms with Crippen molar-refractivity contribution >= 4 is 17.5 Å². The minimum absolute atomic E-state index is 0.0572. The Balaban J connectivity index is 1.68. The SMILES string of the molecule is Cc1cnn([C@@H]2CCCN(C(=O)Cc3c(C)noc3Cl)C2)c1. The van der Waals surface area contributed by atoms with Crippen molar-refractivity contribution in [3.8, 4) is 0 Å². The summed E-state index contributed by atoms with van der Waals surface area (Å²) in [5.74, 6) is 0.0572. The van der Waals surface area contributed by atoms with Gasteiger partial charge < -0.3 is 9.42 Å². The molecule has 1 atom stereocenters. The molecule has 2 aromatic heterocycles. The molecule has 7 heteroatoms. The Morgan fingerprint density at radius 2 is 2.32 bits per heavy atom. The first-order valence-corrected chi connectivity index (χ1v) is 7.81. The number of hydrogen-bond donors (Lipinski definition) is 0. The first-order chi connectivity index (χ1) is 10.5. The van der Waals surface area contributed by atoms with Gasteiger partial charge >= 0.3 is 0 Å². The molecule has 0 saturated carbocycles. The average molecular weight is 323 g/mol. The summed E-state index contributed by atoms with van der Waals surface area (Å²) < 4.78 is 6.87. The van der Waals surface area contributed by atoms with Crippen molar-refractivity contribution in [3.05, 3.63) is 34.4 Å². The van der Waals surface area contributed by atoms with Crippen LogP contribution in [0.15, 0.2) is 16.9 Å². The van der Waals surface area contributed by atoms with Crippen LogP contribution in [0.2, 0.25) is 5.22 Å². The van der Waals surface area contributed by atoms with Crippen LogP contribution >= 0.6 is 11.6 Å². The number of aromatic nitrogens is 3. The molecule has 0 N–H and O–H groups in total. The molecule has 6 nitrogen and oxygen atoms in total. The van der Waals surface area contributed by atoms with E-state index < -0.39 is 0 Å². The van der Waals surface area contributed by atoms with Crippen molar-refractivity contribution in [1.29, 1.82) is 0 Å². The minimum Gasteiger partial charge on any atom is -0.344 e. The summed E-state index contributed by atoms with van der Waals surface area (Å²) in [6, 6.07) is 0.241. The number of carbonyl (C=O) groups excluding carboxylic acids is 1. The van der Waals surface area contributed by atoms with Crippen molar-refractivity contribution in [1.82, 2.24) is 19.8 Å². The van der Waals surface area contributed by atoms with Crippen LogP contribution in [0, 0.1) is 13.8 Å². The smallest absolute Gasteiger partial charge is 0.229 e. The summed E-state index contributed by atoms with van der Waals surface area (Å²) in [6.07, 6.45) is 6.13. The van der Waals surface area contributed by atoms with Crippen molar-refractivity contribution < 1.29 is 9.32 Å². The molecule has 1 aliphatic rings. The summed E-state index contributed by atoms with van der Waals surface area (Å²) >= 11 is 5.94. The summed E-state index contributed by atoms with van der Waals surface area (Å²) in [6.45, 7) is 5.27. The van der Waals surface area contributed by atoms with Gasteiger partial charge in [0.2, 0.25) is 11.1 Å². The number of likely N-dealkylation sites (tertiary alicyclic amines) is 1. The van der Waals surface area contributed by atoms with Gasteiger partial charge in [-0.25, -0.2) is 0 Å². The normalized spacial score (nSPS) is 18.7. The maximum atomic E-state index is 12.5. The van der Waals surface area contributed by atoms with Crippen LogP contribution in [0.4, 0.5) is 0 Å². The number of piperidine rings is 1. The van der Waals surface area contributed by atoms with Crippen molar-refractivity contribution in [2.45, 2.75) is 39.2 Å². The summed E-state index contributed by atoms with van der Waals surface area (Å²) in [7, 11) is 0. The average Bonchev–Trinajstić information content (AvgIpc) is 3.08. The lowest BCUT2D eigenvalue weighted by Crippen LogP contribution is -2.41. The number of rotatable bonds is 3. The zero-order valence-corrected chi connectivity index (χ0v) is 13.5. The van der Waals surface area contributed by atoms with Gasteiger partial charge in [-0.1, -0.05) is 5.16 Å². The third kappa shape index (κ3) is 3.02. The molecule has 3 rings (SSSR count). The van der Waals surface area contributed by atoms with E-state index in [2.05, 4.69) is 10.3 Å². The van der Waals surface area contributed by atoms with Crippen molar-refractivity contribution in [2.24, 2.45) is 0 Å². The maximum Gasteiger partial charge on any atom is 0.229 e. The molecule has 0 spiro atoms. The first-order valence-electron chi connectivity index (χ1n) is 7.44. The Morgan fingerprint density at radius 3 is 2.95 bits per heavy atom. The summed E-state index contributed by atoms with van der Waals surface area (Å²) in [5, 5.41) is 8.37. The number of hydrogen-bond acceptors (Lipinski definition) is 4. The second kappa shape index (κ2) is 6.12. The number of carbonyl (C=O) groups is 1. The Bertz CT molecular complexity index is 659. The molecule has 3 heterocycles. The third-order valence-electron chi connectivity index (χ3n) is 4.12. The van der Waals surface area contributed by atoms with Gasteiger partial charge in [-0.2, -0.15) is 5.10 Å². The Hall–Kier alpha value is -1.82. The van der Waals surface area contributed by atoms with Gasteiger partial charge in [-0.05, 0) is 43.9 Å². The van der Waals surface area contributed by atoms with Gasteiger partial charge in [0.25, 0.3) is 0 Å². The Labute approximate surface area is 134 Å². The molecule has 0 aromatic carbocycles. The summed E-state index contributed by atoms with van der Waals surface area (Å²) in [5.41, 5.74) is 2.49. The second-order valence-corrected chi connectivity index (χ2v) is 6.17. The van der Waals surface area contributed by atoms with E-state index in [9.17, 15) is 4.79 Å². The minimum atomic E-state index is 0.0572. The van der Waals surface area contributed by atoms with E-state index in [1.165, 1.54) is 0 Å². The predicted octanol–water partition coefficient (Wildman–Crippen LogP) is 2.55. The fraction of sp³-hybridized carbons (Fsp3) is 0.533. The third-order valence-corrected chi connectivity index (χ3v) is 4.42. The van der Waals surface area contributed by atoms with Crippen LogP contribution in [0.5, 0.6) is 0 Å². The molecule has 1 amide bonds. The number of halogens is 1. The van der Waals surface area contributed by atoms with Gasteiger partial charge in [0.1, 0.15) is 0 Å². The highest BCUT2D eigenvalue weighted by Crippen LogP contribution is 2.24. The lowest BCUT2D eigenvalue weighted by molar-refractivity contribution is -0.132. The van der Waals surface area contributed by atoms with Gasteiger partial charge in [0.15, 0.2) is 0 Å². The van der Waals surface area contributed by atoms with Crippen LogP contribution in [0.1, 0.15) is 35.7 Å². The lowest BCUT2D eigenvalue weighted by atomic mass is 10.0. The molecule has 1 fully saturated rings. The van der Waals surface area contributed by atoms with E-state index >= 15 is 0 Å². The predicted molar refractivity (Wildman–Crippen MR) is 81.8 cm³/mol. The Kier molecular flexibility index (Phi) is 4.20. The molecule has 1 aliphatic heterocycles. The highest BCUT2D eigenvalue weighted by molar-refractivity contribution is 6.29. The summed E-state index contributed by atoms with van der Waals surface area (Å²) in [4.78, 5) is 14.4. The Morgan fingerprint density at radius 1 is 1.50 bits per heavy atom. The van der Waals surface area contributed by atoms with Gasteiger partial charge in [-0.15, -0.1) is 0 Å². The van der Waals surface area contributed by atoms with Gasteiger partial charge in [-0.3, -0.25) is 9.48 Å². The van der Waals surface area contributed by atoms with Crippen molar-refractivity contribution in [3.63, 3.8) is 0 Å². The standard InChI is InChI=1S/C15H19ClN4O2/c1-10-7-17-20(8-10)12-4-3-5-19(9-12)14(21)6-13-11(2)18-22-15(13)16/h7-8,12H,3-6,9H2,1-2H3/t12-/m1/s1. The molecule has 2 aromatic rings. The number of aryl methyl sites for hydroxylation is 2. The molecule has 1 saturated heterocycles. The highest BCUT2D eigenvalue weighted by Gasteiger charge is 2.26. The molecule has 0 aliphatic carbocycles. The molecule has 0 unspecified atom stereocenters. The highest BCUT2D eigenvalue weighted by atomic mass is 35.5. The van der Waals surface area contributed by atoms with Crippen LogP contribution in [0.3, 0.4) is 0 Å². The lowest BCUT2D eigenvalue weighted by Gasteiger charge is -2.33. The van der Waals surface area contributed by atoms with Gasteiger partial charge in [0, 0.05) is 24.8 Å². The molecule has 0 radical (unpaired) electrons. The van der Waals surface area contributed by atoms with E-state index in [-0.39, 0.29) is 23.6 Å². The molecular formula is C15H19ClN4O2. The molecule has 22 heavy (non-hydrogen) atoms. The fourth-order valence-electron chi connectivity index (χ4n) is 2.85. The van der Waals surface area contributed by atoms with Crippen molar-refractivity contribution in [2.75, 3.05) is 13.1 Å². The zero-order chi connectivity index (χ0) is 15.7. The maximum absolute atomic E-state index is 12.5. The number of amides is 1. The zero-order valence-electron chi connectivity index (χ0n) is 12.8. The first kappa shape index (κ1) is 15.1.